The number of aliphatic carboxylic acids is 1. The highest BCUT2D eigenvalue weighted by atomic mass is 16.5. The fourth-order valence-corrected chi connectivity index (χ4v) is 2.85. The number of hydrogen-bond acceptors (Lipinski definition) is 3. The van der Waals surface area contributed by atoms with E-state index in [0.717, 1.165) is 19.3 Å². The smallest absolute Gasteiger partial charge is 0.329 e. The highest BCUT2D eigenvalue weighted by Crippen LogP contribution is 2.29. The summed E-state index contributed by atoms with van der Waals surface area (Å²) in [5.74, 6) is -0.691. The van der Waals surface area contributed by atoms with E-state index in [2.05, 4.69) is 5.32 Å². The molecule has 2 rings (SSSR count). The molecule has 22 heavy (non-hydrogen) atoms. The molecule has 0 aliphatic heterocycles. The van der Waals surface area contributed by atoms with E-state index in [1.807, 2.05) is 25.1 Å². The number of para-hydroxylation sites is 1. The summed E-state index contributed by atoms with van der Waals surface area (Å²) in [5, 5.41) is 12.3. The molecule has 1 fully saturated rings. The molecule has 1 aromatic rings. The van der Waals surface area contributed by atoms with Gasteiger partial charge in [-0.15, -0.1) is 0 Å². The van der Waals surface area contributed by atoms with Crippen molar-refractivity contribution in [2.45, 2.75) is 57.1 Å². The first kappa shape index (κ1) is 16.3. The molecule has 0 aromatic heterocycles. The van der Waals surface area contributed by atoms with Gasteiger partial charge in [-0.1, -0.05) is 44.4 Å². The molecule has 1 aliphatic carbocycles. The van der Waals surface area contributed by atoms with Crippen molar-refractivity contribution >= 4 is 11.9 Å². The average Bonchev–Trinajstić information content (AvgIpc) is 2.54. The normalized spacial score (nSPS) is 18.2. The Balaban J connectivity index is 2.06. The maximum Gasteiger partial charge on any atom is 0.329 e. The summed E-state index contributed by atoms with van der Waals surface area (Å²) in [4.78, 5) is 24.1. The zero-order chi connectivity index (χ0) is 16.0. The standard InChI is InChI=1S/C17H23NO4/c1-2-14(22-13-9-5-3-6-10-13)15(19)18-17(16(20)21)11-7-4-8-12-17/h3,5-6,9-10,14H,2,4,7-8,11-12H2,1H3,(H,18,19)(H,20,21). The Morgan fingerprint density at radius 3 is 2.41 bits per heavy atom. The molecule has 1 aromatic carbocycles. The lowest BCUT2D eigenvalue weighted by Crippen LogP contribution is -2.58. The predicted molar refractivity (Wildman–Crippen MR) is 82.7 cm³/mol. The van der Waals surface area contributed by atoms with Gasteiger partial charge in [-0.25, -0.2) is 4.79 Å². The van der Waals surface area contributed by atoms with E-state index >= 15 is 0 Å². The van der Waals surface area contributed by atoms with Crippen LogP contribution in [0.25, 0.3) is 0 Å². The van der Waals surface area contributed by atoms with Crippen LogP contribution in [0.4, 0.5) is 0 Å². The Kier molecular flexibility index (Phi) is 5.41. The number of ether oxygens (including phenoxy) is 1. The zero-order valence-electron chi connectivity index (χ0n) is 12.9. The second kappa shape index (κ2) is 7.29. The molecule has 1 saturated carbocycles. The monoisotopic (exact) mass is 305 g/mol. The number of carbonyl (C=O) groups excluding carboxylic acids is 1. The van der Waals surface area contributed by atoms with Gasteiger partial charge in [0.05, 0.1) is 0 Å². The Bertz CT molecular complexity index is 509. The fourth-order valence-electron chi connectivity index (χ4n) is 2.85. The third-order valence-electron chi connectivity index (χ3n) is 4.16. The van der Waals surface area contributed by atoms with E-state index in [4.69, 9.17) is 4.74 Å². The molecule has 0 radical (unpaired) electrons. The van der Waals surface area contributed by atoms with E-state index in [1.54, 1.807) is 12.1 Å². The van der Waals surface area contributed by atoms with Crippen LogP contribution in [0.3, 0.4) is 0 Å². The maximum atomic E-state index is 12.5. The first-order valence-corrected chi connectivity index (χ1v) is 7.84. The predicted octanol–water partition coefficient (Wildman–Crippen LogP) is 2.75. The minimum Gasteiger partial charge on any atom is -0.481 e. The highest BCUT2D eigenvalue weighted by Gasteiger charge is 2.42. The van der Waals surface area contributed by atoms with Crippen molar-refractivity contribution in [3.8, 4) is 5.75 Å². The molecule has 1 amide bonds. The molecule has 5 nitrogen and oxygen atoms in total. The van der Waals surface area contributed by atoms with Gasteiger partial charge in [0, 0.05) is 0 Å². The van der Waals surface area contributed by atoms with Crippen LogP contribution in [0.5, 0.6) is 5.75 Å². The van der Waals surface area contributed by atoms with E-state index in [-0.39, 0.29) is 5.91 Å². The number of rotatable bonds is 6. The van der Waals surface area contributed by atoms with Gasteiger partial charge < -0.3 is 15.2 Å². The summed E-state index contributed by atoms with van der Waals surface area (Å²) in [6.45, 7) is 1.85. The van der Waals surface area contributed by atoms with Crippen molar-refractivity contribution in [3.63, 3.8) is 0 Å². The molecule has 120 valence electrons. The summed E-state index contributed by atoms with van der Waals surface area (Å²) < 4.78 is 5.69. The number of carbonyl (C=O) groups is 2. The molecule has 1 unspecified atom stereocenters. The van der Waals surface area contributed by atoms with E-state index in [0.29, 0.717) is 25.0 Å². The maximum absolute atomic E-state index is 12.5. The summed E-state index contributed by atoms with van der Waals surface area (Å²) >= 11 is 0. The van der Waals surface area contributed by atoms with Crippen LogP contribution in [-0.4, -0.2) is 28.6 Å². The molecule has 1 aliphatic rings. The average molecular weight is 305 g/mol. The van der Waals surface area contributed by atoms with Gasteiger partial charge >= 0.3 is 5.97 Å². The second-order valence-corrected chi connectivity index (χ2v) is 5.76. The summed E-state index contributed by atoms with van der Waals surface area (Å²) in [6, 6.07) is 9.10. The largest absolute Gasteiger partial charge is 0.481 e. The molecule has 0 heterocycles. The van der Waals surface area contributed by atoms with Crippen molar-refractivity contribution in [2.24, 2.45) is 0 Å². The molecule has 2 N–H and O–H groups in total. The van der Waals surface area contributed by atoms with Crippen LogP contribution in [0.15, 0.2) is 30.3 Å². The fraction of sp³-hybridized carbons (Fsp3) is 0.529. The molecule has 0 saturated heterocycles. The van der Waals surface area contributed by atoms with Crippen LogP contribution < -0.4 is 10.1 Å². The van der Waals surface area contributed by atoms with Gasteiger partial charge in [0.1, 0.15) is 11.3 Å². The van der Waals surface area contributed by atoms with Crippen LogP contribution in [0.2, 0.25) is 0 Å². The molecule has 5 heteroatoms. The van der Waals surface area contributed by atoms with Crippen LogP contribution in [0.1, 0.15) is 45.4 Å². The number of hydrogen-bond donors (Lipinski definition) is 2. The Morgan fingerprint density at radius 2 is 1.86 bits per heavy atom. The molecule has 0 spiro atoms. The molecular formula is C17H23NO4. The summed E-state index contributed by atoms with van der Waals surface area (Å²) in [7, 11) is 0. The van der Waals surface area contributed by atoms with Gasteiger partial charge in [-0.05, 0) is 31.4 Å². The second-order valence-electron chi connectivity index (χ2n) is 5.76. The summed E-state index contributed by atoms with van der Waals surface area (Å²) in [5.41, 5.74) is -1.14. The topological polar surface area (TPSA) is 75.6 Å². The van der Waals surface area contributed by atoms with Crippen molar-refractivity contribution in [1.82, 2.24) is 5.32 Å². The lowest BCUT2D eigenvalue weighted by molar-refractivity contribution is -0.150. The third-order valence-corrected chi connectivity index (χ3v) is 4.16. The molecule has 1 atom stereocenters. The van der Waals surface area contributed by atoms with Gasteiger partial charge in [0.2, 0.25) is 0 Å². The third kappa shape index (κ3) is 3.78. The summed E-state index contributed by atoms with van der Waals surface area (Å²) in [6.07, 6.45) is 3.43. The number of carboxylic acids is 1. The van der Waals surface area contributed by atoms with Crippen LogP contribution in [0, 0.1) is 0 Å². The lowest BCUT2D eigenvalue weighted by Gasteiger charge is -2.35. The SMILES string of the molecule is CCC(Oc1ccccc1)C(=O)NC1(C(=O)O)CCCCC1. The lowest BCUT2D eigenvalue weighted by atomic mass is 9.81. The van der Waals surface area contributed by atoms with Gasteiger partial charge in [0.25, 0.3) is 5.91 Å². The Hall–Kier alpha value is -2.04. The zero-order valence-corrected chi connectivity index (χ0v) is 12.9. The van der Waals surface area contributed by atoms with Gasteiger partial charge in [0.15, 0.2) is 6.10 Å². The quantitative estimate of drug-likeness (QED) is 0.847. The van der Waals surface area contributed by atoms with E-state index < -0.39 is 17.6 Å². The van der Waals surface area contributed by atoms with Crippen LogP contribution in [-0.2, 0) is 9.59 Å². The highest BCUT2D eigenvalue weighted by molar-refractivity contribution is 5.89. The molecular weight excluding hydrogens is 282 g/mol. The first-order chi connectivity index (χ1) is 10.6. The van der Waals surface area contributed by atoms with Crippen LogP contribution >= 0.6 is 0 Å². The number of amides is 1. The first-order valence-electron chi connectivity index (χ1n) is 7.84. The Labute approximate surface area is 130 Å². The number of benzene rings is 1. The van der Waals surface area contributed by atoms with Crippen molar-refractivity contribution < 1.29 is 19.4 Å². The van der Waals surface area contributed by atoms with E-state index in [1.165, 1.54) is 0 Å². The van der Waals surface area contributed by atoms with Crippen molar-refractivity contribution in [2.75, 3.05) is 0 Å². The minimum absolute atomic E-state index is 0.351. The Morgan fingerprint density at radius 1 is 1.23 bits per heavy atom. The van der Waals surface area contributed by atoms with E-state index in [9.17, 15) is 14.7 Å². The molecule has 0 bridgehead atoms. The van der Waals surface area contributed by atoms with Crippen molar-refractivity contribution in [1.29, 1.82) is 0 Å². The minimum atomic E-state index is -1.14. The number of nitrogens with one attached hydrogen (secondary N) is 1. The van der Waals surface area contributed by atoms with Gasteiger partial charge in [-0.2, -0.15) is 0 Å². The van der Waals surface area contributed by atoms with Gasteiger partial charge in [-0.3, -0.25) is 4.79 Å². The van der Waals surface area contributed by atoms with Crippen molar-refractivity contribution in [3.05, 3.63) is 30.3 Å². The number of carboxylic acid groups (broad SMARTS) is 1.